The monoisotopic (exact) mass is 790 g/mol. The molecule has 0 aromatic carbocycles. The second kappa shape index (κ2) is 22.1. The van der Waals surface area contributed by atoms with Crippen LogP contribution in [0.3, 0.4) is 0 Å². The van der Waals surface area contributed by atoms with E-state index >= 15 is 0 Å². The molecule has 2 N–H and O–H groups in total. The van der Waals surface area contributed by atoms with E-state index < -0.39 is 11.9 Å². The maximum Gasteiger partial charge on any atom is 2.00 e. The van der Waals surface area contributed by atoms with Crippen LogP contribution < -0.4 is 9.47 Å². The minimum absolute atomic E-state index is 0. The van der Waals surface area contributed by atoms with Gasteiger partial charge in [-0.1, -0.05) is 66.0 Å². The molecule has 0 aliphatic rings. The Labute approximate surface area is 309 Å². The topological polar surface area (TPSA) is 189 Å². The average molecular weight is 790 g/mol. The number of aromatic carboxylic acids is 2. The second-order valence-corrected chi connectivity index (χ2v) is 12.5. The largest absolute Gasteiger partial charge is 2.00 e. The zero-order chi connectivity index (χ0) is 36.3. The molecule has 12 nitrogen and oxygen atoms in total. The van der Waals surface area contributed by atoms with E-state index in [1.807, 2.05) is 24.3 Å². The Kier molecular flexibility index (Phi) is 20.0. The van der Waals surface area contributed by atoms with Crippen LogP contribution in [-0.2, 0) is 19.5 Å². The van der Waals surface area contributed by atoms with Gasteiger partial charge >= 0.3 is 31.4 Å². The molecule has 49 heavy (non-hydrogen) atoms. The van der Waals surface area contributed by atoms with Gasteiger partial charge in [0.05, 0.1) is 47.1 Å². The summed E-state index contributed by atoms with van der Waals surface area (Å²) in [7, 11) is 0. The zero-order valence-corrected chi connectivity index (χ0v) is 31.1. The Hall–Kier alpha value is -4.64. The molecule has 4 aromatic rings. The number of carbonyl (C=O) groups is 2. The summed E-state index contributed by atoms with van der Waals surface area (Å²) in [5, 5.41) is 34.6. The summed E-state index contributed by atoms with van der Waals surface area (Å²) in [4.78, 5) is 38.4. The standard InChI is InChI=1S/C20H28N2O2.C12H8N2O4.2CNS.Ru/c1-19(2,3)13-23-15-7-9-21-17(11-15)18-12-16(8-10-22-18)24-14-20(4,5)6;15-11(16)7-1-3-13-9(5-7)10-6-8(12(17)18)2-4-14-10;2*2-1-3;/h7-12H,13-14H2,1-6H3;1-6H,(H,15,16)(H,17,18);;;/q;;2*-1;+2. The number of aromatic nitrogens is 4. The van der Waals surface area contributed by atoms with E-state index in [2.05, 4.69) is 85.9 Å². The first-order valence-electron chi connectivity index (χ1n) is 14.1. The van der Waals surface area contributed by atoms with E-state index in [0.29, 0.717) is 24.6 Å². The van der Waals surface area contributed by atoms with Crippen molar-refractivity contribution in [1.82, 2.24) is 19.9 Å². The zero-order valence-electron chi connectivity index (χ0n) is 27.7. The Balaban J connectivity index is 0.000000816. The fourth-order valence-corrected chi connectivity index (χ4v) is 3.29. The van der Waals surface area contributed by atoms with Gasteiger partial charge in [0.2, 0.25) is 0 Å². The van der Waals surface area contributed by atoms with Crippen LogP contribution in [0.1, 0.15) is 62.3 Å². The summed E-state index contributed by atoms with van der Waals surface area (Å²) in [6.07, 6.45) is 6.18. The van der Waals surface area contributed by atoms with E-state index in [1.165, 1.54) is 47.0 Å². The van der Waals surface area contributed by atoms with Gasteiger partial charge in [0, 0.05) is 36.9 Å². The van der Waals surface area contributed by atoms with Crippen LogP contribution in [0.2, 0.25) is 0 Å². The van der Waals surface area contributed by atoms with Crippen LogP contribution in [0.4, 0.5) is 0 Å². The van der Waals surface area contributed by atoms with E-state index in [4.69, 9.17) is 30.5 Å². The fraction of sp³-hybridized carbons (Fsp3) is 0.294. The van der Waals surface area contributed by atoms with Crippen molar-refractivity contribution in [2.75, 3.05) is 13.2 Å². The first-order valence-corrected chi connectivity index (χ1v) is 14.9. The number of nitrogens with zero attached hydrogens (tertiary/aromatic N) is 6. The van der Waals surface area contributed by atoms with Gasteiger partial charge in [-0.25, -0.2) is 9.59 Å². The second-order valence-electron chi connectivity index (χ2n) is 12.1. The smallest absolute Gasteiger partial charge is 0.753 e. The van der Waals surface area contributed by atoms with Gasteiger partial charge in [0.15, 0.2) is 0 Å². The third-order valence-electron chi connectivity index (χ3n) is 5.35. The molecule has 0 spiro atoms. The molecular formula is C34H36N6O6RuS2. The van der Waals surface area contributed by atoms with Crippen molar-refractivity contribution in [2.24, 2.45) is 10.8 Å². The number of pyridine rings is 4. The molecule has 0 aliphatic heterocycles. The van der Waals surface area contributed by atoms with Crippen LogP contribution in [0.25, 0.3) is 33.6 Å². The Morgan fingerprint density at radius 1 is 0.633 bits per heavy atom. The summed E-state index contributed by atoms with van der Waals surface area (Å²) in [6.45, 7) is 14.2. The third-order valence-corrected chi connectivity index (χ3v) is 5.35. The van der Waals surface area contributed by atoms with E-state index in [9.17, 15) is 9.59 Å². The van der Waals surface area contributed by atoms with Crippen LogP contribution >= 0.6 is 24.4 Å². The van der Waals surface area contributed by atoms with E-state index in [0.717, 1.165) is 22.9 Å². The fourth-order valence-electron chi connectivity index (χ4n) is 3.29. The van der Waals surface area contributed by atoms with Gasteiger partial charge < -0.3 is 30.5 Å². The van der Waals surface area contributed by atoms with Gasteiger partial charge in [-0.3, -0.25) is 19.9 Å². The van der Waals surface area contributed by atoms with Crippen molar-refractivity contribution < 1.29 is 48.8 Å². The number of isothiocyanates is 2. The van der Waals surface area contributed by atoms with Crippen molar-refractivity contribution in [3.63, 3.8) is 0 Å². The molecule has 0 saturated heterocycles. The molecular weight excluding hydrogens is 754 g/mol. The average Bonchev–Trinajstić information content (AvgIpc) is 3.04. The summed E-state index contributed by atoms with van der Waals surface area (Å²) >= 11 is 7.40. The maximum atomic E-state index is 10.8. The van der Waals surface area contributed by atoms with Crippen LogP contribution in [0, 0.1) is 10.8 Å². The number of carboxylic acid groups (broad SMARTS) is 2. The molecule has 15 heteroatoms. The maximum absolute atomic E-state index is 10.8. The third kappa shape index (κ3) is 18.5. The minimum atomic E-state index is -1.08. The van der Waals surface area contributed by atoms with E-state index in [1.54, 1.807) is 12.4 Å². The molecule has 4 heterocycles. The predicted octanol–water partition coefficient (Wildman–Crippen LogP) is 7.85. The molecule has 0 radical (unpaired) electrons. The van der Waals surface area contributed by atoms with Crippen LogP contribution in [0.15, 0.2) is 73.3 Å². The molecule has 0 saturated carbocycles. The predicted molar refractivity (Wildman–Crippen MR) is 191 cm³/mol. The Morgan fingerprint density at radius 2 is 0.898 bits per heavy atom. The summed E-state index contributed by atoms with van der Waals surface area (Å²) in [5.74, 6) is -0.545. The van der Waals surface area contributed by atoms with Gasteiger partial charge in [0.1, 0.15) is 11.5 Å². The number of rotatable bonds is 8. The molecule has 0 amide bonds. The summed E-state index contributed by atoms with van der Waals surface area (Å²) in [5.41, 5.74) is 2.57. The molecule has 0 bridgehead atoms. The molecule has 4 aromatic heterocycles. The number of hydrogen-bond donors (Lipinski definition) is 2. The quantitative estimate of drug-likeness (QED) is 0.100. The van der Waals surface area contributed by atoms with Gasteiger partial charge in [-0.2, -0.15) is 10.3 Å². The van der Waals surface area contributed by atoms with Gasteiger partial charge in [0.25, 0.3) is 0 Å². The Bertz CT molecular complexity index is 1610. The normalized spacial score (nSPS) is 9.92. The van der Waals surface area contributed by atoms with Gasteiger partial charge in [-0.05, 0) is 47.2 Å². The van der Waals surface area contributed by atoms with Crippen molar-refractivity contribution >= 4 is 46.7 Å². The molecule has 258 valence electrons. The van der Waals surface area contributed by atoms with Crippen molar-refractivity contribution in [1.29, 1.82) is 0 Å². The van der Waals surface area contributed by atoms with Crippen molar-refractivity contribution in [3.8, 4) is 34.3 Å². The summed E-state index contributed by atoms with van der Waals surface area (Å²) in [6, 6.07) is 13.0. The van der Waals surface area contributed by atoms with Crippen molar-refractivity contribution in [3.05, 3.63) is 95.3 Å². The molecule has 0 aliphatic carbocycles. The Morgan fingerprint density at radius 3 is 1.16 bits per heavy atom. The van der Waals surface area contributed by atoms with E-state index in [-0.39, 0.29) is 41.4 Å². The first kappa shape index (κ1) is 44.4. The SMILES string of the molecule is CC(C)(C)COc1ccnc(-c2cc(OCC(C)(C)C)ccn2)c1.O=C(O)c1ccnc(-c2cc(C(=O)O)ccn2)c1.[N-]=C=S.[N-]=C=S.[Ru+2]. The molecule has 0 unspecified atom stereocenters. The van der Waals surface area contributed by atoms with Crippen molar-refractivity contribution in [2.45, 2.75) is 41.5 Å². The molecule has 0 atom stereocenters. The van der Waals surface area contributed by atoms with Crippen LogP contribution in [-0.4, -0.2) is 65.6 Å². The number of thiocarbonyl (C=S) groups is 2. The van der Waals surface area contributed by atoms with Gasteiger partial charge in [-0.15, -0.1) is 0 Å². The van der Waals surface area contributed by atoms with Crippen LogP contribution in [0.5, 0.6) is 11.5 Å². The molecule has 0 fully saturated rings. The first-order chi connectivity index (χ1) is 22.5. The minimum Gasteiger partial charge on any atom is -0.753 e. The molecule has 4 rings (SSSR count). The number of carboxylic acids is 2. The summed E-state index contributed by atoms with van der Waals surface area (Å²) < 4.78 is 11.7. The number of hydrogen-bond acceptors (Lipinski definition) is 10. The number of ether oxygens (including phenoxy) is 2.